The van der Waals surface area contributed by atoms with Gasteiger partial charge in [0, 0.05) is 12.6 Å². The van der Waals surface area contributed by atoms with E-state index in [-0.39, 0.29) is 11.8 Å². The average molecular weight is 288 g/mol. The Bertz CT molecular complexity index is 446. The number of nitrogens with two attached hydrogens (primary N) is 1. The maximum absolute atomic E-state index is 12.5. The van der Waals surface area contributed by atoms with Crippen LogP contribution in [0.5, 0.6) is 0 Å². The maximum atomic E-state index is 12.5. The zero-order valence-electron chi connectivity index (χ0n) is 13.2. The van der Waals surface area contributed by atoms with Crippen molar-refractivity contribution >= 4 is 5.91 Å². The minimum Gasteiger partial charge on any atom is -0.353 e. The third-order valence-corrected chi connectivity index (χ3v) is 5.01. The van der Waals surface area contributed by atoms with Crippen LogP contribution >= 0.6 is 0 Å². The molecule has 1 amide bonds. The van der Waals surface area contributed by atoms with Crippen molar-refractivity contribution < 1.29 is 4.79 Å². The van der Waals surface area contributed by atoms with E-state index in [0.717, 1.165) is 12.8 Å². The van der Waals surface area contributed by atoms with Crippen LogP contribution < -0.4 is 11.1 Å². The van der Waals surface area contributed by atoms with Crippen LogP contribution in [0.25, 0.3) is 0 Å². The summed E-state index contributed by atoms with van der Waals surface area (Å²) in [6, 6.07) is 10.4. The molecule has 1 fully saturated rings. The number of rotatable bonds is 5. The van der Waals surface area contributed by atoms with Crippen molar-refractivity contribution in [3.8, 4) is 0 Å². The molecule has 1 saturated carbocycles. The number of nitrogens with one attached hydrogen (secondary N) is 1. The van der Waals surface area contributed by atoms with Gasteiger partial charge < -0.3 is 11.1 Å². The van der Waals surface area contributed by atoms with Crippen molar-refractivity contribution in [1.29, 1.82) is 0 Å². The molecule has 3 nitrogen and oxygen atoms in total. The summed E-state index contributed by atoms with van der Waals surface area (Å²) in [7, 11) is 0. The molecular formula is C18H28N2O. The number of carbonyl (C=O) groups is 1. The molecule has 0 aliphatic heterocycles. The Morgan fingerprint density at radius 3 is 2.67 bits per heavy atom. The minimum atomic E-state index is -0.128. The van der Waals surface area contributed by atoms with E-state index in [1.165, 1.54) is 18.4 Å². The summed E-state index contributed by atoms with van der Waals surface area (Å²) in [6.45, 7) is 4.94. The lowest BCUT2D eigenvalue weighted by molar-refractivity contribution is -0.126. The van der Waals surface area contributed by atoms with Gasteiger partial charge in [-0.25, -0.2) is 0 Å². The first-order chi connectivity index (χ1) is 10.1. The largest absolute Gasteiger partial charge is 0.353 e. The van der Waals surface area contributed by atoms with Gasteiger partial charge in [-0.2, -0.15) is 0 Å². The van der Waals surface area contributed by atoms with Gasteiger partial charge in [0.25, 0.3) is 0 Å². The van der Waals surface area contributed by atoms with E-state index in [9.17, 15) is 4.79 Å². The first kappa shape index (κ1) is 16.0. The normalized spacial score (nSPS) is 27.1. The fraction of sp³-hybridized carbons (Fsp3) is 0.611. The second-order valence-electron chi connectivity index (χ2n) is 6.50. The molecule has 4 atom stereocenters. The Morgan fingerprint density at radius 2 is 2.00 bits per heavy atom. The second-order valence-corrected chi connectivity index (χ2v) is 6.50. The van der Waals surface area contributed by atoms with E-state index in [1.807, 2.05) is 18.2 Å². The molecule has 4 unspecified atom stereocenters. The summed E-state index contributed by atoms with van der Waals surface area (Å²) in [5, 5.41) is 3.25. The van der Waals surface area contributed by atoms with Gasteiger partial charge in [0.15, 0.2) is 0 Å². The molecule has 0 bridgehead atoms. The third kappa shape index (κ3) is 4.31. The average Bonchev–Trinajstić information content (AvgIpc) is 2.50. The summed E-state index contributed by atoms with van der Waals surface area (Å²) in [4.78, 5) is 12.5. The van der Waals surface area contributed by atoms with Crippen molar-refractivity contribution in [3.05, 3.63) is 35.9 Å². The Balaban J connectivity index is 1.94. The summed E-state index contributed by atoms with van der Waals surface area (Å²) in [5.74, 6) is 1.23. The molecule has 3 N–H and O–H groups in total. The maximum Gasteiger partial charge on any atom is 0.224 e. The van der Waals surface area contributed by atoms with Gasteiger partial charge in [-0.1, -0.05) is 57.0 Å². The van der Waals surface area contributed by atoms with Crippen molar-refractivity contribution in [2.24, 2.45) is 23.5 Å². The van der Waals surface area contributed by atoms with Crippen LogP contribution in [0.4, 0.5) is 0 Å². The quantitative estimate of drug-likeness (QED) is 0.875. The molecular weight excluding hydrogens is 260 g/mol. The summed E-state index contributed by atoms with van der Waals surface area (Å²) in [6.07, 6.45) is 4.31. The van der Waals surface area contributed by atoms with Crippen molar-refractivity contribution in [2.75, 3.05) is 6.54 Å². The molecule has 1 aromatic carbocycles. The highest BCUT2D eigenvalue weighted by atomic mass is 16.1. The van der Waals surface area contributed by atoms with Crippen molar-refractivity contribution in [2.45, 2.75) is 45.6 Å². The Morgan fingerprint density at radius 1 is 1.29 bits per heavy atom. The van der Waals surface area contributed by atoms with E-state index in [2.05, 4.69) is 31.3 Å². The predicted octanol–water partition coefficient (Wildman–Crippen LogP) is 2.74. The SMILES string of the molecule is CC1CCCC(NC(=O)C(CN)Cc2ccccc2)C1C. The topological polar surface area (TPSA) is 55.1 Å². The summed E-state index contributed by atoms with van der Waals surface area (Å²) >= 11 is 0. The number of carbonyl (C=O) groups excluding carboxylic acids is 1. The molecule has 2 rings (SSSR count). The van der Waals surface area contributed by atoms with Gasteiger partial charge in [0.05, 0.1) is 5.92 Å². The standard InChI is InChI=1S/C18H28N2O/c1-13-7-6-10-17(14(13)2)20-18(21)16(12-19)11-15-8-4-3-5-9-15/h3-5,8-9,13-14,16-17H,6-7,10-12,19H2,1-2H3,(H,20,21). The molecule has 1 aromatic rings. The van der Waals surface area contributed by atoms with Crippen LogP contribution in [0.3, 0.4) is 0 Å². The summed E-state index contributed by atoms with van der Waals surface area (Å²) in [5.41, 5.74) is 7.00. The van der Waals surface area contributed by atoms with Crippen LogP contribution in [0.15, 0.2) is 30.3 Å². The fourth-order valence-electron chi connectivity index (χ4n) is 3.27. The van der Waals surface area contributed by atoms with Crippen molar-refractivity contribution in [1.82, 2.24) is 5.32 Å². The van der Waals surface area contributed by atoms with Crippen LogP contribution in [-0.2, 0) is 11.2 Å². The van der Waals surface area contributed by atoms with Crippen LogP contribution in [0, 0.1) is 17.8 Å². The lowest BCUT2D eigenvalue weighted by Crippen LogP contribution is -2.47. The number of hydrogen-bond acceptors (Lipinski definition) is 2. The number of amides is 1. The molecule has 116 valence electrons. The highest BCUT2D eigenvalue weighted by molar-refractivity contribution is 5.79. The highest BCUT2D eigenvalue weighted by Gasteiger charge is 2.29. The number of hydrogen-bond donors (Lipinski definition) is 2. The molecule has 0 heterocycles. The zero-order chi connectivity index (χ0) is 15.2. The minimum absolute atomic E-state index is 0.118. The molecule has 21 heavy (non-hydrogen) atoms. The Labute approximate surface area is 128 Å². The predicted molar refractivity (Wildman–Crippen MR) is 86.8 cm³/mol. The Hall–Kier alpha value is -1.35. The van der Waals surface area contributed by atoms with E-state index >= 15 is 0 Å². The van der Waals surface area contributed by atoms with E-state index < -0.39 is 0 Å². The molecule has 0 spiro atoms. The summed E-state index contributed by atoms with van der Waals surface area (Å²) < 4.78 is 0. The first-order valence-electron chi connectivity index (χ1n) is 8.16. The van der Waals surface area contributed by atoms with Crippen LogP contribution in [-0.4, -0.2) is 18.5 Å². The smallest absolute Gasteiger partial charge is 0.224 e. The Kier molecular flexibility index (Phi) is 5.80. The van der Waals surface area contributed by atoms with Gasteiger partial charge >= 0.3 is 0 Å². The van der Waals surface area contributed by atoms with Gasteiger partial charge in [0.1, 0.15) is 0 Å². The lowest BCUT2D eigenvalue weighted by atomic mass is 9.78. The van der Waals surface area contributed by atoms with E-state index in [4.69, 9.17) is 5.73 Å². The molecule has 3 heteroatoms. The van der Waals surface area contributed by atoms with Gasteiger partial charge in [-0.15, -0.1) is 0 Å². The zero-order valence-corrected chi connectivity index (χ0v) is 13.2. The number of benzene rings is 1. The molecule has 1 aliphatic rings. The van der Waals surface area contributed by atoms with Crippen LogP contribution in [0.1, 0.15) is 38.7 Å². The molecule has 1 aliphatic carbocycles. The first-order valence-corrected chi connectivity index (χ1v) is 8.16. The fourth-order valence-corrected chi connectivity index (χ4v) is 3.27. The molecule has 0 radical (unpaired) electrons. The van der Waals surface area contributed by atoms with Gasteiger partial charge in [-0.3, -0.25) is 4.79 Å². The highest BCUT2D eigenvalue weighted by Crippen LogP contribution is 2.29. The second kappa shape index (κ2) is 7.60. The molecule has 0 saturated heterocycles. The lowest BCUT2D eigenvalue weighted by Gasteiger charge is -2.35. The van der Waals surface area contributed by atoms with Crippen LogP contribution in [0.2, 0.25) is 0 Å². The monoisotopic (exact) mass is 288 g/mol. The van der Waals surface area contributed by atoms with Crippen molar-refractivity contribution in [3.63, 3.8) is 0 Å². The molecule has 0 aromatic heterocycles. The van der Waals surface area contributed by atoms with E-state index in [1.54, 1.807) is 0 Å². The third-order valence-electron chi connectivity index (χ3n) is 5.01. The van der Waals surface area contributed by atoms with Gasteiger partial charge in [0.2, 0.25) is 5.91 Å². The van der Waals surface area contributed by atoms with Gasteiger partial charge in [-0.05, 0) is 30.2 Å². The van der Waals surface area contributed by atoms with E-state index in [0.29, 0.717) is 24.4 Å².